The largest absolute Gasteiger partial charge is 0.352 e. The molecule has 1 saturated heterocycles. The molecule has 2 N–H and O–H groups in total. The maximum atomic E-state index is 12.7. The van der Waals surface area contributed by atoms with Crippen LogP contribution in [0.5, 0.6) is 0 Å². The van der Waals surface area contributed by atoms with E-state index in [0.29, 0.717) is 12.5 Å². The summed E-state index contributed by atoms with van der Waals surface area (Å²) in [5, 5.41) is 5.15. The number of amides is 1. The third kappa shape index (κ3) is 7.02. The topological polar surface area (TPSA) is 78.5 Å². The van der Waals surface area contributed by atoms with Crippen LogP contribution in [0.15, 0.2) is 40.6 Å². The van der Waals surface area contributed by atoms with E-state index in [1.54, 1.807) is 38.2 Å². The summed E-state index contributed by atoms with van der Waals surface area (Å²) in [6.45, 7) is 8.85. The number of carbonyl (C=O) groups is 1. The highest BCUT2D eigenvalue weighted by Gasteiger charge is 2.26. The first-order chi connectivity index (χ1) is 14.5. The fourth-order valence-electron chi connectivity index (χ4n) is 3.62. The molecule has 1 aliphatic rings. The maximum Gasteiger partial charge on any atom is 0.251 e. The minimum absolute atomic E-state index is 0.0846. The molecule has 6 nitrogen and oxygen atoms in total. The van der Waals surface area contributed by atoms with E-state index in [9.17, 15) is 13.2 Å². The van der Waals surface area contributed by atoms with Gasteiger partial charge in [0.15, 0.2) is 0 Å². The van der Waals surface area contributed by atoms with Crippen molar-refractivity contribution >= 4 is 38.9 Å². The molecule has 0 unspecified atom stereocenters. The van der Waals surface area contributed by atoms with E-state index < -0.39 is 15.6 Å². The van der Waals surface area contributed by atoms with Gasteiger partial charge in [-0.3, -0.25) is 9.69 Å². The quantitative estimate of drug-likeness (QED) is 0.620. The normalized spacial score (nSPS) is 16.4. The van der Waals surface area contributed by atoms with E-state index in [2.05, 4.69) is 32.5 Å². The van der Waals surface area contributed by atoms with Crippen LogP contribution in [-0.2, 0) is 16.6 Å². The molecule has 1 aromatic carbocycles. The van der Waals surface area contributed by atoms with Crippen LogP contribution in [0.3, 0.4) is 0 Å². The molecule has 0 atom stereocenters. The zero-order chi connectivity index (χ0) is 22.6. The highest BCUT2D eigenvalue weighted by atomic mass is 35.5. The highest BCUT2D eigenvalue weighted by Crippen LogP contribution is 2.24. The number of piperidine rings is 1. The van der Waals surface area contributed by atoms with E-state index in [4.69, 9.17) is 11.6 Å². The lowest BCUT2D eigenvalue weighted by Crippen LogP contribution is -2.40. The molecule has 2 heterocycles. The van der Waals surface area contributed by atoms with Gasteiger partial charge >= 0.3 is 0 Å². The lowest BCUT2D eigenvalue weighted by molar-refractivity contribution is 0.0935. The number of halogens is 1. The molecule has 2 aromatic rings. The van der Waals surface area contributed by atoms with Crippen molar-refractivity contribution in [3.8, 4) is 0 Å². The Morgan fingerprint density at radius 2 is 1.94 bits per heavy atom. The monoisotopic (exact) mass is 483 g/mol. The average molecular weight is 484 g/mol. The van der Waals surface area contributed by atoms with Gasteiger partial charge in [0.2, 0.25) is 10.0 Å². The molecular weight excluding hydrogens is 454 g/mol. The van der Waals surface area contributed by atoms with Crippen molar-refractivity contribution in [1.29, 1.82) is 0 Å². The molecule has 0 aliphatic carbocycles. The van der Waals surface area contributed by atoms with Crippen LogP contribution in [0, 0.1) is 5.92 Å². The van der Waals surface area contributed by atoms with Crippen molar-refractivity contribution in [3.05, 3.63) is 51.2 Å². The average Bonchev–Trinajstić information content (AvgIpc) is 3.18. The standard InChI is InChI=1S/C22H30ClN3O3S2/c1-22(2,3)25-31(28,29)20-13-17(6-7-19(20)23)21(27)24-14-16-8-10-26(11-9-16)15-18-5-4-12-30-18/h4-7,12-13,16,25H,8-11,14-15H2,1-3H3,(H,24,27). The van der Waals surface area contributed by atoms with Crippen molar-refractivity contribution < 1.29 is 13.2 Å². The summed E-state index contributed by atoms with van der Waals surface area (Å²) in [4.78, 5) is 16.4. The number of nitrogens with zero attached hydrogens (tertiary/aromatic N) is 1. The minimum atomic E-state index is -3.83. The van der Waals surface area contributed by atoms with Crippen molar-refractivity contribution in [2.45, 2.75) is 50.6 Å². The molecule has 1 aliphatic heterocycles. The van der Waals surface area contributed by atoms with Crippen LogP contribution in [0.1, 0.15) is 48.8 Å². The van der Waals surface area contributed by atoms with E-state index >= 15 is 0 Å². The Morgan fingerprint density at radius 3 is 2.55 bits per heavy atom. The van der Waals surface area contributed by atoms with Crippen LogP contribution >= 0.6 is 22.9 Å². The predicted octanol–water partition coefficient (Wildman–Crippen LogP) is 4.12. The number of hydrogen-bond acceptors (Lipinski definition) is 5. The number of hydrogen-bond donors (Lipinski definition) is 2. The van der Waals surface area contributed by atoms with Gasteiger partial charge in [-0.05, 0) is 82.3 Å². The third-order valence-electron chi connectivity index (χ3n) is 5.14. The maximum absolute atomic E-state index is 12.7. The highest BCUT2D eigenvalue weighted by molar-refractivity contribution is 7.89. The first-order valence-corrected chi connectivity index (χ1v) is 13.1. The van der Waals surface area contributed by atoms with E-state index in [0.717, 1.165) is 32.5 Å². The van der Waals surface area contributed by atoms with Crippen LogP contribution in [-0.4, -0.2) is 44.4 Å². The van der Waals surface area contributed by atoms with Crippen molar-refractivity contribution in [1.82, 2.24) is 14.9 Å². The number of sulfonamides is 1. The third-order valence-corrected chi connectivity index (χ3v) is 8.24. The zero-order valence-electron chi connectivity index (χ0n) is 18.2. The van der Waals surface area contributed by atoms with Gasteiger partial charge in [0, 0.05) is 29.1 Å². The minimum Gasteiger partial charge on any atom is -0.352 e. The molecule has 0 bridgehead atoms. The predicted molar refractivity (Wildman–Crippen MR) is 126 cm³/mol. The summed E-state index contributed by atoms with van der Waals surface area (Å²) >= 11 is 7.90. The van der Waals surface area contributed by atoms with E-state index in [1.165, 1.54) is 17.0 Å². The summed E-state index contributed by atoms with van der Waals surface area (Å²) in [7, 11) is -3.83. The summed E-state index contributed by atoms with van der Waals surface area (Å²) in [6.07, 6.45) is 2.06. The summed E-state index contributed by atoms with van der Waals surface area (Å²) in [5.74, 6) is 0.131. The Labute approximate surface area is 194 Å². The molecule has 3 rings (SSSR count). The zero-order valence-corrected chi connectivity index (χ0v) is 20.5. The van der Waals surface area contributed by atoms with E-state index in [1.807, 2.05) is 0 Å². The SMILES string of the molecule is CC(C)(C)NS(=O)(=O)c1cc(C(=O)NCC2CCN(Cc3cccs3)CC2)ccc1Cl. The van der Waals surface area contributed by atoms with Crippen LogP contribution < -0.4 is 10.0 Å². The number of rotatable bonds is 7. The van der Waals surface area contributed by atoms with Gasteiger partial charge in [0.1, 0.15) is 4.90 Å². The fraction of sp³-hybridized carbons (Fsp3) is 0.500. The van der Waals surface area contributed by atoms with Gasteiger partial charge in [0.25, 0.3) is 5.91 Å². The number of benzene rings is 1. The Bertz CT molecular complexity index is 994. The smallest absolute Gasteiger partial charge is 0.251 e. The molecule has 0 radical (unpaired) electrons. The van der Waals surface area contributed by atoms with Gasteiger partial charge in [-0.25, -0.2) is 13.1 Å². The van der Waals surface area contributed by atoms with Crippen molar-refractivity contribution in [2.24, 2.45) is 5.92 Å². The number of likely N-dealkylation sites (tertiary alicyclic amines) is 1. The first kappa shape index (κ1) is 24.2. The Morgan fingerprint density at radius 1 is 1.23 bits per heavy atom. The second-order valence-corrected chi connectivity index (χ2v) is 12.1. The molecule has 1 aromatic heterocycles. The van der Waals surface area contributed by atoms with Gasteiger partial charge < -0.3 is 5.32 Å². The Balaban J connectivity index is 1.55. The van der Waals surface area contributed by atoms with Crippen LogP contribution in [0.25, 0.3) is 0 Å². The van der Waals surface area contributed by atoms with Crippen molar-refractivity contribution in [2.75, 3.05) is 19.6 Å². The molecule has 170 valence electrons. The molecule has 1 amide bonds. The van der Waals surface area contributed by atoms with E-state index in [-0.39, 0.29) is 21.4 Å². The van der Waals surface area contributed by atoms with Crippen molar-refractivity contribution in [3.63, 3.8) is 0 Å². The molecule has 0 saturated carbocycles. The summed E-state index contributed by atoms with van der Waals surface area (Å²) < 4.78 is 27.9. The molecule has 9 heteroatoms. The molecular formula is C22H30ClN3O3S2. The molecule has 0 spiro atoms. The summed E-state index contributed by atoms with van der Waals surface area (Å²) in [6, 6.07) is 8.59. The second-order valence-electron chi connectivity index (χ2n) is 9.01. The van der Waals surface area contributed by atoms with Gasteiger partial charge in [-0.2, -0.15) is 0 Å². The number of thiophene rings is 1. The Kier molecular flexibility index (Phi) is 7.81. The van der Waals surface area contributed by atoms with Gasteiger partial charge in [-0.15, -0.1) is 11.3 Å². The molecule has 31 heavy (non-hydrogen) atoms. The number of carbonyl (C=O) groups excluding carboxylic acids is 1. The first-order valence-electron chi connectivity index (χ1n) is 10.4. The number of nitrogens with one attached hydrogen (secondary N) is 2. The molecule has 1 fully saturated rings. The van der Waals surface area contributed by atoms with Crippen LogP contribution in [0.4, 0.5) is 0 Å². The fourth-order valence-corrected chi connectivity index (χ4v) is 6.31. The van der Waals surface area contributed by atoms with Gasteiger partial charge in [0.05, 0.1) is 5.02 Å². The lowest BCUT2D eigenvalue weighted by Gasteiger charge is -2.31. The summed E-state index contributed by atoms with van der Waals surface area (Å²) in [5.41, 5.74) is -0.368. The Hall–Kier alpha value is -1.45. The van der Waals surface area contributed by atoms with Crippen LogP contribution in [0.2, 0.25) is 5.02 Å². The van der Waals surface area contributed by atoms with Gasteiger partial charge in [-0.1, -0.05) is 17.7 Å². The lowest BCUT2D eigenvalue weighted by atomic mass is 9.96. The second kappa shape index (κ2) is 10.0.